The summed E-state index contributed by atoms with van der Waals surface area (Å²) in [7, 11) is 0. The molecule has 0 atom stereocenters. The lowest BCUT2D eigenvalue weighted by Gasteiger charge is -2.33. The molecule has 0 radical (unpaired) electrons. The first-order valence-corrected chi connectivity index (χ1v) is 7.48. The summed E-state index contributed by atoms with van der Waals surface area (Å²) in [6.07, 6.45) is 6.74. The van der Waals surface area contributed by atoms with Gasteiger partial charge in [0.05, 0.1) is 0 Å². The van der Waals surface area contributed by atoms with Gasteiger partial charge in [0.25, 0.3) is 0 Å². The molecule has 3 rings (SSSR count). The minimum absolute atomic E-state index is 0.0725. The number of amides is 2. The van der Waals surface area contributed by atoms with Crippen molar-refractivity contribution in [2.75, 3.05) is 19.6 Å². The van der Waals surface area contributed by atoms with Crippen LogP contribution in [0, 0.1) is 0 Å². The Bertz CT molecular complexity index is 438. The first-order chi connectivity index (χ1) is 9.24. The third-order valence-corrected chi connectivity index (χ3v) is 4.52. The van der Waals surface area contributed by atoms with Gasteiger partial charge in [-0.2, -0.15) is 0 Å². The van der Waals surface area contributed by atoms with E-state index in [4.69, 9.17) is 11.6 Å². The quantitative estimate of drug-likeness (QED) is 0.775. The van der Waals surface area contributed by atoms with Gasteiger partial charge >= 0.3 is 6.03 Å². The van der Waals surface area contributed by atoms with Crippen molar-refractivity contribution in [3.63, 3.8) is 0 Å². The molecule has 1 aliphatic carbocycles. The number of nitrogens with zero attached hydrogens (tertiary/aromatic N) is 1. The van der Waals surface area contributed by atoms with E-state index in [0.29, 0.717) is 6.04 Å². The molecule has 5 heteroatoms. The van der Waals surface area contributed by atoms with Crippen molar-refractivity contribution in [2.45, 2.75) is 38.1 Å². The number of halogens is 1. The molecule has 1 fully saturated rings. The molecule has 2 amide bonds. The maximum Gasteiger partial charge on any atom is 0.321 e. The summed E-state index contributed by atoms with van der Waals surface area (Å²) < 4.78 is 0. The number of nitrogens with one attached hydrogen (secondary N) is 2. The SMILES string of the molecule is O=C1NC2=C(C=C(Cl)CC2)CCN1C1CCNCC1. The summed E-state index contributed by atoms with van der Waals surface area (Å²) >= 11 is 6.10. The van der Waals surface area contributed by atoms with Gasteiger partial charge in [-0.15, -0.1) is 0 Å². The van der Waals surface area contributed by atoms with Crippen molar-refractivity contribution in [1.29, 1.82) is 0 Å². The summed E-state index contributed by atoms with van der Waals surface area (Å²) in [5.41, 5.74) is 2.28. The average Bonchev–Trinajstić information content (AvgIpc) is 2.58. The van der Waals surface area contributed by atoms with Crippen LogP contribution in [0.1, 0.15) is 32.1 Å². The monoisotopic (exact) mass is 281 g/mol. The number of hydrogen-bond donors (Lipinski definition) is 2. The van der Waals surface area contributed by atoms with Crippen LogP contribution in [-0.2, 0) is 0 Å². The third kappa shape index (κ3) is 2.79. The molecule has 3 aliphatic rings. The van der Waals surface area contributed by atoms with Crippen LogP contribution in [0.15, 0.2) is 22.4 Å². The fraction of sp³-hybridized carbons (Fsp3) is 0.643. The van der Waals surface area contributed by atoms with E-state index in [1.54, 1.807) is 0 Å². The Morgan fingerprint density at radius 2 is 2.00 bits per heavy atom. The van der Waals surface area contributed by atoms with Crippen LogP contribution in [0.3, 0.4) is 0 Å². The fourth-order valence-corrected chi connectivity index (χ4v) is 3.36. The van der Waals surface area contributed by atoms with Gasteiger partial charge in [0.1, 0.15) is 0 Å². The number of carbonyl (C=O) groups excluding carboxylic acids is 1. The highest BCUT2D eigenvalue weighted by atomic mass is 35.5. The number of carbonyl (C=O) groups is 1. The highest BCUT2D eigenvalue weighted by Crippen LogP contribution is 2.29. The molecular weight excluding hydrogens is 262 g/mol. The lowest BCUT2D eigenvalue weighted by molar-refractivity contribution is 0.164. The standard InChI is InChI=1S/C14H20ClN3O/c15-11-1-2-13-10(9-11)5-8-18(14(19)17-13)12-3-6-16-7-4-12/h9,12,16H,1-8H2,(H,17,19). The maximum atomic E-state index is 12.4. The van der Waals surface area contributed by atoms with Crippen LogP contribution in [0.2, 0.25) is 0 Å². The molecule has 2 heterocycles. The Morgan fingerprint density at radius 3 is 2.79 bits per heavy atom. The normalized spacial score (nSPS) is 25.6. The minimum atomic E-state index is 0.0725. The van der Waals surface area contributed by atoms with E-state index in [1.165, 1.54) is 5.57 Å². The lowest BCUT2D eigenvalue weighted by atomic mass is 10.0. The van der Waals surface area contributed by atoms with Crippen molar-refractivity contribution in [3.05, 3.63) is 22.4 Å². The average molecular weight is 282 g/mol. The summed E-state index contributed by atoms with van der Waals surface area (Å²) in [4.78, 5) is 14.4. The Hall–Kier alpha value is -1.00. The fourth-order valence-electron chi connectivity index (χ4n) is 3.13. The number of hydrogen-bond acceptors (Lipinski definition) is 2. The van der Waals surface area contributed by atoms with Crippen molar-refractivity contribution in [1.82, 2.24) is 15.5 Å². The molecule has 0 spiro atoms. The van der Waals surface area contributed by atoms with Crippen LogP contribution in [0.5, 0.6) is 0 Å². The predicted molar refractivity (Wildman–Crippen MR) is 75.9 cm³/mol. The Labute approximate surface area is 118 Å². The second-order valence-electron chi connectivity index (χ2n) is 5.45. The number of allylic oxidation sites excluding steroid dienone is 3. The zero-order valence-electron chi connectivity index (χ0n) is 11.0. The molecule has 4 nitrogen and oxygen atoms in total. The first kappa shape index (κ1) is 13.0. The number of piperidine rings is 1. The van der Waals surface area contributed by atoms with Gasteiger partial charge in [0, 0.05) is 23.3 Å². The maximum absolute atomic E-state index is 12.4. The largest absolute Gasteiger partial charge is 0.321 e. The van der Waals surface area contributed by atoms with Crippen LogP contribution in [0.4, 0.5) is 4.79 Å². The van der Waals surface area contributed by atoms with E-state index < -0.39 is 0 Å². The van der Waals surface area contributed by atoms with Crippen LogP contribution < -0.4 is 10.6 Å². The van der Waals surface area contributed by atoms with Gasteiger partial charge in [-0.25, -0.2) is 4.79 Å². The van der Waals surface area contributed by atoms with E-state index >= 15 is 0 Å². The minimum Gasteiger partial charge on any atom is -0.321 e. The van der Waals surface area contributed by atoms with Crippen LogP contribution in [0.25, 0.3) is 0 Å². The molecule has 2 aliphatic heterocycles. The highest BCUT2D eigenvalue weighted by Gasteiger charge is 2.29. The zero-order valence-corrected chi connectivity index (χ0v) is 11.8. The van der Waals surface area contributed by atoms with Crippen LogP contribution in [-0.4, -0.2) is 36.6 Å². The lowest BCUT2D eigenvalue weighted by Crippen LogP contribution is -2.49. The van der Waals surface area contributed by atoms with Crippen molar-refractivity contribution < 1.29 is 4.79 Å². The summed E-state index contributed by atoms with van der Waals surface area (Å²) in [6.45, 7) is 2.82. The highest BCUT2D eigenvalue weighted by molar-refractivity contribution is 6.29. The van der Waals surface area contributed by atoms with Crippen LogP contribution >= 0.6 is 11.6 Å². The summed E-state index contributed by atoms with van der Waals surface area (Å²) in [6, 6.07) is 0.449. The van der Waals surface area contributed by atoms with E-state index in [-0.39, 0.29) is 6.03 Å². The second kappa shape index (κ2) is 5.55. The molecule has 0 bridgehead atoms. The smallest absolute Gasteiger partial charge is 0.321 e. The van der Waals surface area contributed by atoms with Gasteiger partial charge in [-0.05, 0) is 56.8 Å². The number of rotatable bonds is 1. The molecule has 1 saturated heterocycles. The molecular formula is C14H20ClN3O. The Kier molecular flexibility index (Phi) is 3.80. The molecule has 0 aromatic rings. The molecule has 104 valence electrons. The summed E-state index contributed by atoms with van der Waals surface area (Å²) in [5.74, 6) is 0. The molecule has 0 aromatic carbocycles. The van der Waals surface area contributed by atoms with Gasteiger partial charge in [-0.3, -0.25) is 0 Å². The second-order valence-corrected chi connectivity index (χ2v) is 5.94. The Morgan fingerprint density at radius 1 is 1.21 bits per heavy atom. The predicted octanol–water partition coefficient (Wildman–Crippen LogP) is 2.32. The van der Waals surface area contributed by atoms with Gasteiger partial charge in [0.2, 0.25) is 0 Å². The first-order valence-electron chi connectivity index (χ1n) is 7.10. The molecule has 0 saturated carbocycles. The molecule has 19 heavy (non-hydrogen) atoms. The van der Waals surface area contributed by atoms with E-state index in [9.17, 15) is 4.79 Å². The van der Waals surface area contributed by atoms with Gasteiger partial charge in [-0.1, -0.05) is 11.6 Å². The van der Waals surface area contributed by atoms with E-state index in [2.05, 4.69) is 10.6 Å². The molecule has 0 unspecified atom stereocenters. The topological polar surface area (TPSA) is 44.4 Å². The Balaban J connectivity index is 1.74. The van der Waals surface area contributed by atoms with Gasteiger partial charge < -0.3 is 15.5 Å². The molecule has 0 aromatic heterocycles. The van der Waals surface area contributed by atoms with Crippen molar-refractivity contribution >= 4 is 17.6 Å². The zero-order chi connectivity index (χ0) is 13.2. The van der Waals surface area contributed by atoms with E-state index in [0.717, 1.165) is 62.5 Å². The molecule has 2 N–H and O–H groups in total. The van der Waals surface area contributed by atoms with Crippen molar-refractivity contribution in [2.24, 2.45) is 0 Å². The number of urea groups is 1. The van der Waals surface area contributed by atoms with Gasteiger partial charge in [0.15, 0.2) is 0 Å². The summed E-state index contributed by atoms with van der Waals surface area (Å²) in [5, 5.41) is 7.34. The van der Waals surface area contributed by atoms with E-state index in [1.807, 2.05) is 11.0 Å². The van der Waals surface area contributed by atoms with Crippen molar-refractivity contribution in [3.8, 4) is 0 Å². The third-order valence-electron chi connectivity index (χ3n) is 4.22.